The van der Waals surface area contributed by atoms with Crippen molar-refractivity contribution in [3.63, 3.8) is 0 Å². The van der Waals surface area contributed by atoms with E-state index in [0.717, 1.165) is 6.54 Å². The molecule has 0 aliphatic carbocycles. The van der Waals surface area contributed by atoms with Crippen molar-refractivity contribution in [2.45, 2.75) is 4.90 Å². The first-order valence-electron chi connectivity index (χ1n) is 5.22. The number of hydrogen-bond donors (Lipinski definition) is 2. The van der Waals surface area contributed by atoms with Crippen molar-refractivity contribution in [2.24, 2.45) is 0 Å². The van der Waals surface area contributed by atoms with E-state index < -0.39 is 10.0 Å². The Morgan fingerprint density at radius 2 is 2.29 bits per heavy atom. The largest absolute Gasteiger partial charge is 0.383 e. The Kier molecular flexibility index (Phi) is 5.56. The number of nitrogens with one attached hydrogen (secondary N) is 2. The maximum absolute atomic E-state index is 11.7. The van der Waals surface area contributed by atoms with E-state index in [-0.39, 0.29) is 4.90 Å². The van der Waals surface area contributed by atoms with Gasteiger partial charge in [-0.05, 0) is 7.05 Å². The first kappa shape index (κ1) is 14.1. The van der Waals surface area contributed by atoms with Crippen LogP contribution in [0.15, 0.2) is 17.3 Å². The number of rotatable bonds is 8. The molecule has 7 nitrogen and oxygen atoms in total. The summed E-state index contributed by atoms with van der Waals surface area (Å²) in [6, 6.07) is 0. The minimum atomic E-state index is -3.43. The molecular weight excluding hydrogens is 244 g/mol. The molecule has 1 aromatic heterocycles. The van der Waals surface area contributed by atoms with Gasteiger partial charge in [0, 0.05) is 32.9 Å². The molecule has 0 atom stereocenters. The van der Waals surface area contributed by atoms with Crippen molar-refractivity contribution in [1.82, 2.24) is 19.8 Å². The lowest BCUT2D eigenvalue weighted by atomic mass is 10.5. The molecule has 0 saturated carbocycles. The molecule has 8 heteroatoms. The second-order valence-corrected chi connectivity index (χ2v) is 5.39. The molecule has 0 fully saturated rings. The van der Waals surface area contributed by atoms with Gasteiger partial charge in [0.15, 0.2) is 0 Å². The summed E-state index contributed by atoms with van der Waals surface area (Å²) in [5.41, 5.74) is 0. The van der Waals surface area contributed by atoms with E-state index in [9.17, 15) is 8.42 Å². The van der Waals surface area contributed by atoms with Gasteiger partial charge in [-0.3, -0.25) is 5.10 Å². The second kappa shape index (κ2) is 6.70. The standard InChI is InChI=1S/C9H18N4O3S/c1-13(5-6-16-2)4-3-12-17(14,15)9-7-10-11-8-9/h7-8,12H,3-6H2,1-2H3,(H,10,11). The Morgan fingerprint density at radius 3 is 2.88 bits per heavy atom. The van der Waals surface area contributed by atoms with Crippen LogP contribution in [0.5, 0.6) is 0 Å². The van der Waals surface area contributed by atoms with Crippen LogP contribution in [-0.4, -0.2) is 63.9 Å². The van der Waals surface area contributed by atoms with Gasteiger partial charge >= 0.3 is 0 Å². The highest BCUT2D eigenvalue weighted by Gasteiger charge is 2.14. The normalized spacial score (nSPS) is 12.2. The van der Waals surface area contributed by atoms with Crippen LogP contribution < -0.4 is 4.72 Å². The van der Waals surface area contributed by atoms with E-state index in [1.807, 2.05) is 11.9 Å². The van der Waals surface area contributed by atoms with Crippen LogP contribution in [0.4, 0.5) is 0 Å². The molecule has 0 spiro atoms. The van der Waals surface area contributed by atoms with Crippen molar-refractivity contribution in [3.8, 4) is 0 Å². The first-order valence-corrected chi connectivity index (χ1v) is 6.70. The number of sulfonamides is 1. The fraction of sp³-hybridized carbons (Fsp3) is 0.667. The molecule has 0 aliphatic heterocycles. The SMILES string of the molecule is COCCN(C)CCNS(=O)(=O)c1cn[nH]c1. The monoisotopic (exact) mass is 262 g/mol. The highest BCUT2D eigenvalue weighted by atomic mass is 32.2. The minimum absolute atomic E-state index is 0.150. The summed E-state index contributed by atoms with van der Waals surface area (Å²) >= 11 is 0. The average Bonchev–Trinajstić information content (AvgIpc) is 2.80. The van der Waals surface area contributed by atoms with Gasteiger partial charge < -0.3 is 9.64 Å². The zero-order valence-electron chi connectivity index (χ0n) is 10.0. The number of aromatic nitrogens is 2. The molecule has 17 heavy (non-hydrogen) atoms. The molecule has 98 valence electrons. The van der Waals surface area contributed by atoms with Crippen molar-refractivity contribution in [3.05, 3.63) is 12.4 Å². The number of nitrogens with zero attached hydrogens (tertiary/aromatic N) is 2. The highest BCUT2D eigenvalue weighted by molar-refractivity contribution is 7.89. The number of H-pyrrole nitrogens is 1. The predicted octanol–water partition coefficient (Wildman–Crippen LogP) is -0.734. The van der Waals surface area contributed by atoms with Gasteiger partial charge in [0.2, 0.25) is 10.0 Å². The lowest BCUT2D eigenvalue weighted by molar-refractivity contribution is 0.162. The lowest BCUT2D eigenvalue weighted by Gasteiger charge is -2.15. The van der Waals surface area contributed by atoms with Gasteiger partial charge in [-0.1, -0.05) is 0 Å². The molecular formula is C9H18N4O3S. The summed E-state index contributed by atoms with van der Waals surface area (Å²) in [6.45, 7) is 2.38. The number of methoxy groups -OCH3 is 1. The van der Waals surface area contributed by atoms with Crippen LogP contribution in [0, 0.1) is 0 Å². The molecule has 0 amide bonds. The van der Waals surface area contributed by atoms with Gasteiger partial charge in [0.1, 0.15) is 4.90 Å². The van der Waals surface area contributed by atoms with E-state index in [4.69, 9.17) is 4.74 Å². The highest BCUT2D eigenvalue weighted by Crippen LogP contribution is 2.03. The quantitative estimate of drug-likeness (QED) is 0.645. The predicted molar refractivity (Wildman–Crippen MR) is 63.1 cm³/mol. The summed E-state index contributed by atoms with van der Waals surface area (Å²) in [5, 5.41) is 6.07. The molecule has 1 aromatic rings. The summed E-state index contributed by atoms with van der Waals surface area (Å²) in [5.74, 6) is 0. The molecule has 0 aliphatic rings. The fourth-order valence-electron chi connectivity index (χ4n) is 1.20. The molecule has 1 heterocycles. The summed E-state index contributed by atoms with van der Waals surface area (Å²) < 4.78 is 30.8. The Bertz CT molecular complexity index is 404. The molecule has 0 saturated heterocycles. The van der Waals surface area contributed by atoms with Gasteiger partial charge in [-0.15, -0.1) is 0 Å². The van der Waals surface area contributed by atoms with Gasteiger partial charge in [-0.2, -0.15) is 5.10 Å². The topological polar surface area (TPSA) is 87.3 Å². The lowest BCUT2D eigenvalue weighted by Crippen LogP contribution is -2.34. The number of aromatic amines is 1. The number of hydrogen-bond acceptors (Lipinski definition) is 5. The van der Waals surface area contributed by atoms with E-state index >= 15 is 0 Å². The molecule has 2 N–H and O–H groups in total. The van der Waals surface area contributed by atoms with Crippen molar-refractivity contribution in [1.29, 1.82) is 0 Å². The fourth-order valence-corrected chi connectivity index (χ4v) is 2.13. The van der Waals surface area contributed by atoms with Crippen LogP contribution >= 0.6 is 0 Å². The number of ether oxygens (including phenoxy) is 1. The maximum Gasteiger partial charge on any atom is 0.243 e. The zero-order valence-corrected chi connectivity index (χ0v) is 10.8. The third-order valence-corrected chi connectivity index (χ3v) is 3.67. The summed E-state index contributed by atoms with van der Waals surface area (Å²) in [7, 11) is 0.107. The van der Waals surface area contributed by atoms with E-state index in [2.05, 4.69) is 14.9 Å². The van der Waals surface area contributed by atoms with E-state index in [0.29, 0.717) is 19.7 Å². The van der Waals surface area contributed by atoms with Crippen LogP contribution in [0.3, 0.4) is 0 Å². The van der Waals surface area contributed by atoms with Crippen LogP contribution in [-0.2, 0) is 14.8 Å². The van der Waals surface area contributed by atoms with Gasteiger partial charge in [0.05, 0.1) is 12.8 Å². The molecule has 1 rings (SSSR count). The Balaban J connectivity index is 2.31. The van der Waals surface area contributed by atoms with Crippen molar-refractivity contribution < 1.29 is 13.2 Å². The van der Waals surface area contributed by atoms with Crippen molar-refractivity contribution >= 4 is 10.0 Å². The summed E-state index contributed by atoms with van der Waals surface area (Å²) in [6.07, 6.45) is 2.62. The number of likely N-dealkylation sites (N-methyl/N-ethyl adjacent to an activating group) is 1. The van der Waals surface area contributed by atoms with Gasteiger partial charge in [-0.25, -0.2) is 13.1 Å². The Morgan fingerprint density at radius 1 is 1.53 bits per heavy atom. The minimum Gasteiger partial charge on any atom is -0.383 e. The van der Waals surface area contributed by atoms with Crippen LogP contribution in [0.25, 0.3) is 0 Å². The smallest absolute Gasteiger partial charge is 0.243 e. The summed E-state index contributed by atoms with van der Waals surface area (Å²) in [4.78, 5) is 2.14. The molecule has 0 aromatic carbocycles. The second-order valence-electron chi connectivity index (χ2n) is 3.63. The maximum atomic E-state index is 11.7. The van der Waals surface area contributed by atoms with E-state index in [1.54, 1.807) is 7.11 Å². The third-order valence-electron chi connectivity index (χ3n) is 2.25. The molecule has 0 radical (unpaired) electrons. The van der Waals surface area contributed by atoms with Crippen molar-refractivity contribution in [2.75, 3.05) is 40.4 Å². The Labute approximate surface area is 101 Å². The zero-order chi connectivity index (χ0) is 12.7. The van der Waals surface area contributed by atoms with Crippen LogP contribution in [0.2, 0.25) is 0 Å². The Hall–Kier alpha value is -0.960. The third kappa shape index (κ3) is 4.82. The molecule has 0 unspecified atom stereocenters. The first-order chi connectivity index (χ1) is 8.06. The average molecular weight is 262 g/mol. The van der Waals surface area contributed by atoms with E-state index in [1.165, 1.54) is 12.4 Å². The molecule has 0 bridgehead atoms. The van der Waals surface area contributed by atoms with Gasteiger partial charge in [0.25, 0.3) is 0 Å². The van der Waals surface area contributed by atoms with Crippen LogP contribution in [0.1, 0.15) is 0 Å².